The molecule has 1 amide bonds. The number of rotatable bonds is 4. The van der Waals surface area contributed by atoms with Gasteiger partial charge in [0.25, 0.3) is 5.91 Å². The molecule has 0 aliphatic carbocycles. The Morgan fingerprint density at radius 2 is 2.19 bits per heavy atom. The van der Waals surface area contributed by atoms with Crippen molar-refractivity contribution in [1.82, 2.24) is 5.32 Å². The maximum Gasteiger partial charge on any atom is 0.251 e. The van der Waals surface area contributed by atoms with E-state index in [0.717, 1.165) is 22.4 Å². The molecule has 1 atom stereocenters. The molecule has 1 aromatic carbocycles. The van der Waals surface area contributed by atoms with Crippen molar-refractivity contribution >= 4 is 17.7 Å². The average molecular weight is 237 g/mol. The Morgan fingerprint density at radius 3 is 2.75 bits per heavy atom. The zero-order valence-electron chi connectivity index (χ0n) is 10.3. The third-order valence-electron chi connectivity index (χ3n) is 2.68. The van der Waals surface area contributed by atoms with E-state index in [2.05, 4.69) is 12.2 Å². The molecule has 0 aliphatic heterocycles. The van der Waals surface area contributed by atoms with Crippen LogP contribution in [0.15, 0.2) is 23.1 Å². The van der Waals surface area contributed by atoms with E-state index in [4.69, 9.17) is 0 Å². The van der Waals surface area contributed by atoms with Crippen molar-refractivity contribution in [1.29, 1.82) is 0 Å². The summed E-state index contributed by atoms with van der Waals surface area (Å²) in [5, 5.41) is 2.99. The monoisotopic (exact) mass is 237 g/mol. The van der Waals surface area contributed by atoms with Crippen LogP contribution in [0.5, 0.6) is 0 Å². The smallest absolute Gasteiger partial charge is 0.251 e. The standard InChI is InChI=1S/C13H19NOS/c1-5-10(3)14-13(15)12-8-11(16-4)7-6-9(12)2/h6-8,10H,5H2,1-4H3,(H,14,15)/t10-/m1/s1. The molecule has 3 heteroatoms. The Morgan fingerprint density at radius 1 is 1.50 bits per heavy atom. The van der Waals surface area contributed by atoms with Crippen LogP contribution in [-0.2, 0) is 0 Å². The Labute approximate surface area is 102 Å². The molecule has 0 radical (unpaired) electrons. The number of nitrogens with one attached hydrogen (secondary N) is 1. The predicted molar refractivity (Wildman–Crippen MR) is 70.2 cm³/mol. The number of thioether (sulfide) groups is 1. The van der Waals surface area contributed by atoms with E-state index in [9.17, 15) is 4.79 Å². The van der Waals surface area contributed by atoms with E-state index in [0.29, 0.717) is 0 Å². The van der Waals surface area contributed by atoms with Crippen molar-refractivity contribution in [2.45, 2.75) is 38.1 Å². The zero-order valence-corrected chi connectivity index (χ0v) is 11.1. The fraction of sp³-hybridized carbons (Fsp3) is 0.462. The first-order valence-corrected chi connectivity index (χ1v) is 6.76. The van der Waals surface area contributed by atoms with Gasteiger partial charge < -0.3 is 5.32 Å². The first kappa shape index (κ1) is 13.1. The molecule has 0 fully saturated rings. The number of amides is 1. The van der Waals surface area contributed by atoms with Crippen LogP contribution in [0.4, 0.5) is 0 Å². The van der Waals surface area contributed by atoms with Crippen LogP contribution < -0.4 is 5.32 Å². The first-order chi connectivity index (χ1) is 7.58. The molecule has 0 unspecified atom stereocenters. The van der Waals surface area contributed by atoms with Crippen molar-refractivity contribution in [2.24, 2.45) is 0 Å². The Hall–Kier alpha value is -0.960. The van der Waals surface area contributed by atoms with Gasteiger partial charge in [0.15, 0.2) is 0 Å². The highest BCUT2D eigenvalue weighted by atomic mass is 32.2. The van der Waals surface area contributed by atoms with Crippen molar-refractivity contribution in [3.63, 3.8) is 0 Å². The molecule has 0 aliphatic rings. The molecule has 0 spiro atoms. The molecule has 0 saturated carbocycles. The summed E-state index contributed by atoms with van der Waals surface area (Å²) >= 11 is 1.65. The van der Waals surface area contributed by atoms with E-state index < -0.39 is 0 Å². The second-order valence-corrected chi connectivity index (χ2v) is 4.84. The highest BCUT2D eigenvalue weighted by Gasteiger charge is 2.11. The fourth-order valence-electron chi connectivity index (χ4n) is 1.38. The van der Waals surface area contributed by atoms with Gasteiger partial charge >= 0.3 is 0 Å². The van der Waals surface area contributed by atoms with Crippen LogP contribution in [0.2, 0.25) is 0 Å². The van der Waals surface area contributed by atoms with E-state index in [-0.39, 0.29) is 11.9 Å². The van der Waals surface area contributed by atoms with Gasteiger partial charge in [-0.3, -0.25) is 4.79 Å². The predicted octanol–water partition coefficient (Wildman–Crippen LogP) is 3.25. The van der Waals surface area contributed by atoms with Gasteiger partial charge in [0.05, 0.1) is 0 Å². The summed E-state index contributed by atoms with van der Waals surface area (Å²) < 4.78 is 0. The molecule has 0 aromatic heterocycles. The maximum absolute atomic E-state index is 12.0. The van der Waals surface area contributed by atoms with Gasteiger partial charge in [0.1, 0.15) is 0 Å². The first-order valence-electron chi connectivity index (χ1n) is 5.54. The highest BCUT2D eigenvalue weighted by Crippen LogP contribution is 2.19. The van der Waals surface area contributed by atoms with Crippen LogP contribution in [-0.4, -0.2) is 18.2 Å². The minimum absolute atomic E-state index is 0.0303. The summed E-state index contributed by atoms with van der Waals surface area (Å²) in [5.41, 5.74) is 1.81. The third-order valence-corrected chi connectivity index (χ3v) is 3.40. The number of hydrogen-bond donors (Lipinski definition) is 1. The summed E-state index contributed by atoms with van der Waals surface area (Å²) in [4.78, 5) is 13.1. The van der Waals surface area contributed by atoms with Crippen LogP contribution in [0.1, 0.15) is 36.2 Å². The molecule has 88 valence electrons. The number of benzene rings is 1. The van der Waals surface area contributed by atoms with Gasteiger partial charge in [-0.15, -0.1) is 11.8 Å². The lowest BCUT2D eigenvalue weighted by molar-refractivity contribution is 0.0938. The van der Waals surface area contributed by atoms with Gasteiger partial charge in [0, 0.05) is 16.5 Å². The molecule has 0 heterocycles. The second kappa shape index (κ2) is 5.94. The molecule has 0 saturated heterocycles. The summed E-state index contributed by atoms with van der Waals surface area (Å²) in [6, 6.07) is 6.22. The Balaban J connectivity index is 2.89. The van der Waals surface area contributed by atoms with Gasteiger partial charge in [-0.25, -0.2) is 0 Å². The molecule has 0 bridgehead atoms. The molecule has 2 nitrogen and oxygen atoms in total. The quantitative estimate of drug-likeness (QED) is 0.814. The topological polar surface area (TPSA) is 29.1 Å². The fourth-order valence-corrected chi connectivity index (χ4v) is 1.82. The van der Waals surface area contributed by atoms with Crippen LogP contribution in [0, 0.1) is 6.92 Å². The average Bonchev–Trinajstić information content (AvgIpc) is 2.29. The molecule has 16 heavy (non-hydrogen) atoms. The van der Waals surface area contributed by atoms with Crippen molar-refractivity contribution in [2.75, 3.05) is 6.26 Å². The summed E-state index contributed by atoms with van der Waals surface area (Å²) in [6.45, 7) is 6.05. The van der Waals surface area contributed by atoms with Crippen molar-refractivity contribution in [3.8, 4) is 0 Å². The summed E-state index contributed by atoms with van der Waals surface area (Å²) in [5.74, 6) is 0.0303. The minimum Gasteiger partial charge on any atom is -0.350 e. The minimum atomic E-state index is 0.0303. The van der Waals surface area contributed by atoms with Crippen molar-refractivity contribution < 1.29 is 4.79 Å². The molecule has 1 aromatic rings. The highest BCUT2D eigenvalue weighted by molar-refractivity contribution is 7.98. The number of aryl methyl sites for hydroxylation is 1. The lowest BCUT2D eigenvalue weighted by atomic mass is 10.1. The Bertz CT molecular complexity index is 376. The second-order valence-electron chi connectivity index (χ2n) is 3.96. The maximum atomic E-state index is 12.0. The largest absolute Gasteiger partial charge is 0.350 e. The van der Waals surface area contributed by atoms with E-state index in [1.165, 1.54) is 0 Å². The summed E-state index contributed by atoms with van der Waals surface area (Å²) in [7, 11) is 0. The van der Waals surface area contributed by atoms with Crippen LogP contribution in [0.3, 0.4) is 0 Å². The molecular weight excluding hydrogens is 218 g/mol. The molecular formula is C13H19NOS. The van der Waals surface area contributed by atoms with E-state index >= 15 is 0 Å². The summed E-state index contributed by atoms with van der Waals surface area (Å²) in [6.07, 6.45) is 2.97. The van der Waals surface area contributed by atoms with E-state index in [1.54, 1.807) is 11.8 Å². The zero-order chi connectivity index (χ0) is 12.1. The van der Waals surface area contributed by atoms with Crippen LogP contribution in [0.25, 0.3) is 0 Å². The normalized spacial score (nSPS) is 12.2. The molecule has 1 N–H and O–H groups in total. The van der Waals surface area contributed by atoms with Gasteiger partial charge in [-0.05, 0) is 44.2 Å². The number of carbonyl (C=O) groups is 1. The SMILES string of the molecule is CC[C@@H](C)NC(=O)c1cc(SC)ccc1C. The van der Waals surface area contributed by atoms with Crippen LogP contribution >= 0.6 is 11.8 Å². The third kappa shape index (κ3) is 3.27. The lowest BCUT2D eigenvalue weighted by Gasteiger charge is -2.13. The Kier molecular flexibility index (Phi) is 4.87. The van der Waals surface area contributed by atoms with Crippen molar-refractivity contribution in [3.05, 3.63) is 29.3 Å². The van der Waals surface area contributed by atoms with E-state index in [1.807, 2.05) is 38.3 Å². The number of hydrogen-bond acceptors (Lipinski definition) is 2. The lowest BCUT2D eigenvalue weighted by Crippen LogP contribution is -2.32. The van der Waals surface area contributed by atoms with Gasteiger partial charge in [0.2, 0.25) is 0 Å². The molecule has 1 rings (SSSR count). The van der Waals surface area contributed by atoms with Gasteiger partial charge in [-0.2, -0.15) is 0 Å². The van der Waals surface area contributed by atoms with Gasteiger partial charge in [-0.1, -0.05) is 13.0 Å². The number of carbonyl (C=O) groups excluding carboxylic acids is 1.